The van der Waals surface area contributed by atoms with Gasteiger partial charge in [-0.05, 0) is 114 Å². The average molecular weight is 620 g/mol. The van der Waals surface area contributed by atoms with Crippen LogP contribution in [0.25, 0.3) is 21.9 Å². The number of hydrogen-bond acceptors (Lipinski definition) is 4. The standard InChI is InChI=1S/C33H35BrN2O3S/c1-7-26(24-16-10-12-20(3)22(24)5)33(37,28-17-11-15-23-14-9-13-21(4)32(23)28)27(8-2)25-18-29(34)31(19-30(25)35)40(38,39)36-6/h7-19,36-37H,35H2,1-6H3/b26-7+,27-8+. The van der Waals surface area contributed by atoms with Gasteiger partial charge >= 0.3 is 0 Å². The maximum Gasteiger partial charge on any atom is 0.241 e. The lowest BCUT2D eigenvalue weighted by atomic mass is 9.71. The van der Waals surface area contributed by atoms with Crippen LogP contribution in [0, 0.1) is 20.8 Å². The molecule has 1 unspecified atom stereocenters. The van der Waals surface area contributed by atoms with Crippen LogP contribution in [0.15, 0.2) is 88.3 Å². The van der Waals surface area contributed by atoms with Gasteiger partial charge in [0.2, 0.25) is 10.0 Å². The largest absolute Gasteiger partial charge is 0.398 e. The number of rotatable bonds is 7. The van der Waals surface area contributed by atoms with E-state index in [4.69, 9.17) is 5.73 Å². The first kappa shape index (κ1) is 29.7. The van der Waals surface area contributed by atoms with Crippen LogP contribution in [0.3, 0.4) is 0 Å². The topological polar surface area (TPSA) is 92.4 Å². The zero-order chi connectivity index (χ0) is 29.4. The molecule has 0 radical (unpaired) electrons. The monoisotopic (exact) mass is 618 g/mol. The van der Waals surface area contributed by atoms with Crippen molar-refractivity contribution in [3.05, 3.63) is 117 Å². The van der Waals surface area contributed by atoms with Crippen molar-refractivity contribution < 1.29 is 13.5 Å². The SMILES string of the molecule is C/C=C(\c1cc(Br)c(S(=O)(=O)NC)cc1N)C(O)(/C(=C/C)c1cccc(C)c1C)c1cccc2cccc(C)c12. The minimum atomic E-state index is -3.77. The van der Waals surface area contributed by atoms with Crippen molar-refractivity contribution in [2.24, 2.45) is 0 Å². The lowest BCUT2D eigenvalue weighted by Gasteiger charge is -2.37. The maximum atomic E-state index is 13.3. The van der Waals surface area contributed by atoms with Gasteiger partial charge in [-0.25, -0.2) is 13.1 Å². The lowest BCUT2D eigenvalue weighted by molar-refractivity contribution is 0.166. The van der Waals surface area contributed by atoms with Crippen LogP contribution in [0.1, 0.15) is 47.2 Å². The summed E-state index contributed by atoms with van der Waals surface area (Å²) < 4.78 is 28.0. The number of hydrogen-bond donors (Lipinski definition) is 3. The molecule has 5 nitrogen and oxygen atoms in total. The van der Waals surface area contributed by atoms with E-state index in [0.717, 1.165) is 33.0 Å². The first-order chi connectivity index (χ1) is 18.9. The minimum absolute atomic E-state index is 0.0250. The van der Waals surface area contributed by atoms with Crippen LogP contribution >= 0.6 is 15.9 Å². The van der Waals surface area contributed by atoms with Crippen molar-refractivity contribution in [2.45, 2.75) is 45.1 Å². The number of anilines is 1. The second-order valence-electron chi connectivity index (χ2n) is 9.92. The first-order valence-corrected chi connectivity index (χ1v) is 15.3. The van der Waals surface area contributed by atoms with E-state index < -0.39 is 15.6 Å². The Morgan fingerprint density at radius 2 is 1.48 bits per heavy atom. The summed E-state index contributed by atoms with van der Waals surface area (Å²) in [7, 11) is -2.41. The first-order valence-electron chi connectivity index (χ1n) is 13.1. The number of fused-ring (bicyclic) bond motifs is 1. The molecule has 0 heterocycles. The Labute approximate surface area is 245 Å². The summed E-state index contributed by atoms with van der Waals surface area (Å²) in [5.41, 5.74) is 11.8. The molecule has 0 amide bonds. The van der Waals surface area contributed by atoms with E-state index >= 15 is 0 Å². The van der Waals surface area contributed by atoms with Crippen molar-refractivity contribution in [3.63, 3.8) is 0 Å². The highest BCUT2D eigenvalue weighted by atomic mass is 79.9. The summed E-state index contributed by atoms with van der Waals surface area (Å²) in [5, 5.41) is 15.3. The van der Waals surface area contributed by atoms with E-state index in [1.807, 2.05) is 81.5 Å². The number of nitrogen functional groups attached to an aromatic ring is 1. The third kappa shape index (κ3) is 4.92. The second kappa shape index (κ2) is 11.3. The minimum Gasteiger partial charge on any atom is -0.398 e. The zero-order valence-electron chi connectivity index (χ0n) is 23.6. The number of aliphatic hydroxyl groups is 1. The molecular weight excluding hydrogens is 584 g/mol. The lowest BCUT2D eigenvalue weighted by Crippen LogP contribution is -2.31. The van der Waals surface area contributed by atoms with Gasteiger partial charge in [0.15, 0.2) is 0 Å². The van der Waals surface area contributed by atoms with Crippen molar-refractivity contribution in [2.75, 3.05) is 12.8 Å². The van der Waals surface area contributed by atoms with E-state index in [0.29, 0.717) is 26.7 Å². The van der Waals surface area contributed by atoms with Gasteiger partial charge in [-0.3, -0.25) is 0 Å². The van der Waals surface area contributed by atoms with Gasteiger partial charge < -0.3 is 10.8 Å². The van der Waals surface area contributed by atoms with E-state index in [2.05, 4.69) is 40.6 Å². The molecule has 0 aromatic heterocycles. The number of aryl methyl sites for hydroxylation is 2. The molecule has 0 aliphatic rings. The smallest absolute Gasteiger partial charge is 0.241 e. The van der Waals surface area contributed by atoms with Crippen molar-refractivity contribution in [1.29, 1.82) is 0 Å². The Morgan fingerprint density at radius 1 is 0.900 bits per heavy atom. The molecule has 4 rings (SSSR count). The van der Waals surface area contributed by atoms with E-state index in [-0.39, 0.29) is 10.6 Å². The van der Waals surface area contributed by atoms with Crippen LogP contribution in [0.2, 0.25) is 0 Å². The molecule has 7 heteroatoms. The number of allylic oxidation sites excluding steroid dienone is 2. The van der Waals surface area contributed by atoms with Gasteiger partial charge in [-0.15, -0.1) is 0 Å². The second-order valence-corrected chi connectivity index (χ2v) is 12.6. The van der Waals surface area contributed by atoms with E-state index in [9.17, 15) is 13.5 Å². The van der Waals surface area contributed by atoms with Gasteiger partial charge in [0, 0.05) is 21.3 Å². The van der Waals surface area contributed by atoms with Crippen LogP contribution in [-0.2, 0) is 15.6 Å². The van der Waals surface area contributed by atoms with Crippen LogP contribution in [-0.4, -0.2) is 20.6 Å². The van der Waals surface area contributed by atoms with E-state index in [1.54, 1.807) is 6.07 Å². The highest BCUT2D eigenvalue weighted by Gasteiger charge is 2.41. The third-order valence-corrected chi connectivity index (χ3v) is 10.1. The summed E-state index contributed by atoms with van der Waals surface area (Å²) in [5.74, 6) is 0. The zero-order valence-corrected chi connectivity index (χ0v) is 26.0. The van der Waals surface area contributed by atoms with Crippen LogP contribution in [0.5, 0.6) is 0 Å². The van der Waals surface area contributed by atoms with Gasteiger partial charge in [-0.1, -0.05) is 66.7 Å². The Balaban J connectivity index is 2.15. The molecule has 208 valence electrons. The summed E-state index contributed by atoms with van der Waals surface area (Å²) >= 11 is 3.45. The van der Waals surface area contributed by atoms with Crippen molar-refractivity contribution >= 4 is 53.6 Å². The highest BCUT2D eigenvalue weighted by molar-refractivity contribution is 9.10. The fraction of sp³-hybridized carbons (Fsp3) is 0.212. The fourth-order valence-corrected chi connectivity index (χ4v) is 7.35. The third-order valence-electron chi connectivity index (χ3n) is 7.71. The Kier molecular flexibility index (Phi) is 8.43. The summed E-state index contributed by atoms with van der Waals surface area (Å²) in [6.07, 6.45) is 3.81. The molecule has 0 bridgehead atoms. The molecule has 1 atom stereocenters. The molecule has 0 aliphatic carbocycles. The number of halogens is 1. The maximum absolute atomic E-state index is 13.3. The van der Waals surface area contributed by atoms with Gasteiger partial charge in [0.1, 0.15) is 5.60 Å². The molecule has 4 aromatic rings. The molecule has 0 fully saturated rings. The highest BCUT2D eigenvalue weighted by Crippen LogP contribution is 2.51. The molecule has 4 N–H and O–H groups in total. The van der Waals surface area contributed by atoms with Crippen molar-refractivity contribution in [1.82, 2.24) is 4.72 Å². The molecule has 40 heavy (non-hydrogen) atoms. The van der Waals surface area contributed by atoms with E-state index in [1.165, 1.54) is 13.1 Å². The summed E-state index contributed by atoms with van der Waals surface area (Å²) in [4.78, 5) is 0.0250. The quantitative estimate of drug-likeness (QED) is 0.188. The predicted octanol–water partition coefficient (Wildman–Crippen LogP) is 7.41. The summed E-state index contributed by atoms with van der Waals surface area (Å²) in [6.45, 7) is 9.94. The Bertz CT molecular complexity index is 1790. The molecule has 4 aromatic carbocycles. The summed E-state index contributed by atoms with van der Waals surface area (Å²) in [6, 6.07) is 21.2. The van der Waals surface area contributed by atoms with Gasteiger partial charge in [0.25, 0.3) is 0 Å². The van der Waals surface area contributed by atoms with Crippen molar-refractivity contribution in [3.8, 4) is 0 Å². The average Bonchev–Trinajstić information content (AvgIpc) is 2.93. The molecular formula is C33H35BrN2O3S. The normalized spacial score (nSPS) is 14.4. The Hall–Kier alpha value is -3.23. The molecule has 0 saturated heterocycles. The van der Waals surface area contributed by atoms with Gasteiger partial charge in [-0.2, -0.15) is 0 Å². The number of sulfonamides is 1. The number of nitrogens with one attached hydrogen (secondary N) is 1. The molecule has 0 aliphatic heterocycles. The molecule has 0 saturated carbocycles. The Morgan fingerprint density at radius 3 is 2.10 bits per heavy atom. The predicted molar refractivity (Wildman–Crippen MR) is 171 cm³/mol. The fourth-order valence-electron chi connectivity index (χ4n) is 5.55. The van der Waals surface area contributed by atoms with Gasteiger partial charge in [0.05, 0.1) is 4.90 Å². The van der Waals surface area contributed by atoms with Crippen LogP contribution < -0.4 is 10.5 Å². The van der Waals surface area contributed by atoms with Crippen LogP contribution in [0.4, 0.5) is 5.69 Å². The number of benzene rings is 4. The molecule has 0 spiro atoms. The number of nitrogens with two attached hydrogens (primary N) is 1.